The lowest BCUT2D eigenvalue weighted by Crippen LogP contribution is -2.47. The number of rotatable bonds is 3. The van der Waals surface area contributed by atoms with Crippen molar-refractivity contribution < 1.29 is 5.11 Å². The first-order valence-electron chi connectivity index (χ1n) is 7.77. The molecular weight excluding hydrogens is 248 g/mol. The lowest BCUT2D eigenvalue weighted by atomic mass is 9.59. The van der Waals surface area contributed by atoms with Crippen molar-refractivity contribution in [3.05, 3.63) is 18.0 Å². The molecule has 0 saturated heterocycles. The number of hydrogen-bond acceptors (Lipinski definition) is 2. The van der Waals surface area contributed by atoms with Gasteiger partial charge < -0.3 is 5.11 Å². The summed E-state index contributed by atoms with van der Waals surface area (Å²) in [6.45, 7) is 13.3. The highest BCUT2D eigenvalue weighted by Crippen LogP contribution is 2.50. The molecule has 114 valence electrons. The zero-order valence-electron chi connectivity index (χ0n) is 13.9. The van der Waals surface area contributed by atoms with Crippen LogP contribution in [0.4, 0.5) is 0 Å². The Morgan fingerprint density at radius 1 is 1.15 bits per heavy atom. The predicted octanol–water partition coefficient (Wildman–Crippen LogP) is 3.97. The van der Waals surface area contributed by atoms with Gasteiger partial charge in [0, 0.05) is 18.7 Å². The molecule has 1 fully saturated rings. The van der Waals surface area contributed by atoms with E-state index >= 15 is 0 Å². The van der Waals surface area contributed by atoms with Gasteiger partial charge in [-0.2, -0.15) is 5.10 Å². The summed E-state index contributed by atoms with van der Waals surface area (Å²) in [7, 11) is 0. The first-order valence-corrected chi connectivity index (χ1v) is 7.77. The van der Waals surface area contributed by atoms with Crippen LogP contribution in [0.25, 0.3) is 0 Å². The maximum Gasteiger partial charge on any atom is 0.0713 e. The fraction of sp³-hybridized carbons (Fsp3) is 0.824. The van der Waals surface area contributed by atoms with E-state index in [1.165, 1.54) is 6.42 Å². The van der Waals surface area contributed by atoms with Crippen LogP contribution in [0, 0.1) is 10.8 Å². The van der Waals surface area contributed by atoms with Gasteiger partial charge in [0.05, 0.1) is 11.3 Å². The summed E-state index contributed by atoms with van der Waals surface area (Å²) in [4.78, 5) is 0. The third-order valence-electron chi connectivity index (χ3n) is 4.28. The standard InChI is InChI=1S/C17H30N2O/c1-13(2)19-8-7-14(18-19)9-17(20)11-15(3,4)10-16(5,6)12-17/h7-8,13,20H,9-12H2,1-6H3. The summed E-state index contributed by atoms with van der Waals surface area (Å²) in [5.74, 6) is 0. The summed E-state index contributed by atoms with van der Waals surface area (Å²) in [5, 5.41) is 15.7. The SMILES string of the molecule is CC(C)n1ccc(CC2(O)CC(C)(C)CC(C)(C)C2)n1. The van der Waals surface area contributed by atoms with E-state index in [0.29, 0.717) is 12.5 Å². The maximum absolute atomic E-state index is 11.1. The van der Waals surface area contributed by atoms with E-state index in [9.17, 15) is 5.11 Å². The third-order valence-corrected chi connectivity index (χ3v) is 4.28. The highest BCUT2D eigenvalue weighted by atomic mass is 16.3. The smallest absolute Gasteiger partial charge is 0.0713 e. The van der Waals surface area contributed by atoms with E-state index in [1.54, 1.807) is 0 Å². The van der Waals surface area contributed by atoms with Crippen molar-refractivity contribution in [2.24, 2.45) is 10.8 Å². The Bertz CT molecular complexity index is 455. The van der Waals surface area contributed by atoms with Gasteiger partial charge in [-0.3, -0.25) is 4.68 Å². The van der Waals surface area contributed by atoms with Gasteiger partial charge in [-0.25, -0.2) is 0 Å². The molecule has 0 unspecified atom stereocenters. The van der Waals surface area contributed by atoms with Gasteiger partial charge >= 0.3 is 0 Å². The van der Waals surface area contributed by atoms with E-state index in [4.69, 9.17) is 0 Å². The minimum absolute atomic E-state index is 0.192. The summed E-state index contributed by atoms with van der Waals surface area (Å²) in [5.41, 5.74) is 0.769. The van der Waals surface area contributed by atoms with Crippen LogP contribution in [0.3, 0.4) is 0 Å². The minimum atomic E-state index is -0.624. The lowest BCUT2D eigenvalue weighted by molar-refractivity contribution is -0.0856. The van der Waals surface area contributed by atoms with Crippen molar-refractivity contribution in [2.45, 2.75) is 78.9 Å². The molecule has 1 heterocycles. The van der Waals surface area contributed by atoms with Crippen molar-refractivity contribution in [1.82, 2.24) is 9.78 Å². The second kappa shape index (κ2) is 4.87. The topological polar surface area (TPSA) is 38.0 Å². The Balaban J connectivity index is 2.17. The van der Waals surface area contributed by atoms with Crippen molar-refractivity contribution in [3.8, 4) is 0 Å². The van der Waals surface area contributed by atoms with Crippen molar-refractivity contribution >= 4 is 0 Å². The van der Waals surface area contributed by atoms with E-state index in [-0.39, 0.29) is 10.8 Å². The van der Waals surface area contributed by atoms with E-state index in [2.05, 4.69) is 46.6 Å². The van der Waals surface area contributed by atoms with Crippen molar-refractivity contribution in [1.29, 1.82) is 0 Å². The Kier molecular flexibility index (Phi) is 3.79. The highest BCUT2D eigenvalue weighted by molar-refractivity contribution is 5.08. The molecule has 0 aromatic carbocycles. The predicted molar refractivity (Wildman–Crippen MR) is 82.7 cm³/mol. The Labute approximate surface area is 123 Å². The average Bonchev–Trinajstić information content (AvgIpc) is 2.58. The molecule has 0 bridgehead atoms. The van der Waals surface area contributed by atoms with Gasteiger partial charge in [0.15, 0.2) is 0 Å². The van der Waals surface area contributed by atoms with Gasteiger partial charge in [0.25, 0.3) is 0 Å². The second-order valence-electron chi connectivity index (χ2n) is 8.64. The van der Waals surface area contributed by atoms with Gasteiger partial charge in [-0.1, -0.05) is 27.7 Å². The molecule has 1 N–H and O–H groups in total. The molecule has 0 atom stereocenters. The summed E-state index contributed by atoms with van der Waals surface area (Å²) < 4.78 is 1.97. The van der Waals surface area contributed by atoms with Gasteiger partial charge in [0.2, 0.25) is 0 Å². The fourth-order valence-corrected chi connectivity index (χ4v) is 4.49. The largest absolute Gasteiger partial charge is 0.389 e. The third kappa shape index (κ3) is 3.63. The molecular formula is C17H30N2O. The van der Waals surface area contributed by atoms with Crippen LogP contribution >= 0.6 is 0 Å². The zero-order valence-corrected chi connectivity index (χ0v) is 13.9. The van der Waals surface area contributed by atoms with E-state index in [0.717, 1.165) is 18.5 Å². The summed E-state index contributed by atoms with van der Waals surface area (Å²) in [6, 6.07) is 2.42. The maximum atomic E-state index is 11.1. The first-order chi connectivity index (χ1) is 9.00. The lowest BCUT2D eigenvalue weighted by Gasteiger charge is -2.49. The van der Waals surface area contributed by atoms with Crippen LogP contribution < -0.4 is 0 Å². The van der Waals surface area contributed by atoms with Crippen LogP contribution in [-0.2, 0) is 6.42 Å². The molecule has 0 amide bonds. The molecule has 1 aliphatic carbocycles. The number of nitrogens with zero attached hydrogens (tertiary/aromatic N) is 2. The van der Waals surface area contributed by atoms with Gasteiger partial charge in [0.1, 0.15) is 0 Å². The Morgan fingerprint density at radius 3 is 2.15 bits per heavy atom. The average molecular weight is 278 g/mol. The fourth-order valence-electron chi connectivity index (χ4n) is 4.49. The summed E-state index contributed by atoms with van der Waals surface area (Å²) >= 11 is 0. The van der Waals surface area contributed by atoms with Crippen molar-refractivity contribution in [2.75, 3.05) is 0 Å². The number of hydrogen-bond donors (Lipinski definition) is 1. The normalized spacial score (nSPS) is 24.0. The minimum Gasteiger partial charge on any atom is -0.389 e. The highest BCUT2D eigenvalue weighted by Gasteiger charge is 2.46. The van der Waals surface area contributed by atoms with Gasteiger partial charge in [-0.15, -0.1) is 0 Å². The molecule has 0 radical (unpaired) electrons. The first kappa shape index (κ1) is 15.6. The molecule has 1 saturated carbocycles. The molecule has 1 aliphatic rings. The van der Waals surface area contributed by atoms with E-state index in [1.807, 2.05) is 16.9 Å². The van der Waals surface area contributed by atoms with Crippen LogP contribution in [0.1, 0.15) is 72.5 Å². The molecule has 1 aromatic rings. The molecule has 3 nitrogen and oxygen atoms in total. The molecule has 3 heteroatoms. The number of aromatic nitrogens is 2. The molecule has 0 aliphatic heterocycles. The van der Waals surface area contributed by atoms with Gasteiger partial charge in [-0.05, 0) is 50.0 Å². The van der Waals surface area contributed by atoms with E-state index < -0.39 is 5.60 Å². The van der Waals surface area contributed by atoms with Crippen LogP contribution in [-0.4, -0.2) is 20.5 Å². The van der Waals surface area contributed by atoms with Crippen LogP contribution in [0.15, 0.2) is 12.3 Å². The molecule has 2 rings (SSSR count). The second-order valence-corrected chi connectivity index (χ2v) is 8.64. The zero-order chi connectivity index (χ0) is 15.2. The molecule has 0 spiro atoms. The number of aliphatic hydroxyl groups is 1. The quantitative estimate of drug-likeness (QED) is 0.908. The van der Waals surface area contributed by atoms with Crippen LogP contribution in [0.2, 0.25) is 0 Å². The van der Waals surface area contributed by atoms with Crippen molar-refractivity contribution in [3.63, 3.8) is 0 Å². The summed E-state index contributed by atoms with van der Waals surface area (Å²) in [6.07, 6.45) is 5.57. The molecule has 20 heavy (non-hydrogen) atoms. The Morgan fingerprint density at radius 2 is 1.70 bits per heavy atom. The monoisotopic (exact) mass is 278 g/mol. The Hall–Kier alpha value is -0.830. The van der Waals surface area contributed by atoms with Crippen LogP contribution in [0.5, 0.6) is 0 Å². The molecule has 1 aromatic heterocycles.